The average molecular weight is 258 g/mol. The lowest BCUT2D eigenvalue weighted by Crippen LogP contribution is -2.53. The van der Waals surface area contributed by atoms with Crippen LogP contribution in [0.4, 0.5) is 0 Å². The number of hydrogen-bond acceptors (Lipinski definition) is 6. The molecule has 5 N–H and O–H groups in total. The molecule has 1 fully saturated rings. The summed E-state index contributed by atoms with van der Waals surface area (Å²) >= 11 is 0. The topological polar surface area (TPSA) is 68.6 Å². The lowest BCUT2D eigenvalue weighted by molar-refractivity contribution is -0.0285. The zero-order chi connectivity index (χ0) is 13.1. The van der Waals surface area contributed by atoms with Crippen LogP contribution in [-0.2, 0) is 0 Å². The van der Waals surface area contributed by atoms with E-state index in [0.29, 0.717) is 6.54 Å². The fraction of sp³-hybridized carbons (Fsp3) is 1.00. The van der Waals surface area contributed by atoms with Crippen molar-refractivity contribution in [1.29, 1.82) is 0 Å². The van der Waals surface area contributed by atoms with Crippen molar-refractivity contribution in [3.05, 3.63) is 0 Å². The van der Waals surface area contributed by atoms with Crippen molar-refractivity contribution in [3.8, 4) is 0 Å². The van der Waals surface area contributed by atoms with E-state index >= 15 is 0 Å². The Morgan fingerprint density at radius 2 is 1.78 bits per heavy atom. The van der Waals surface area contributed by atoms with Gasteiger partial charge in [0.05, 0.1) is 0 Å². The Morgan fingerprint density at radius 1 is 1.11 bits per heavy atom. The van der Waals surface area contributed by atoms with E-state index in [1.54, 1.807) is 0 Å². The summed E-state index contributed by atoms with van der Waals surface area (Å²) in [5, 5.41) is 15.0. The van der Waals surface area contributed by atoms with Crippen LogP contribution in [0.15, 0.2) is 0 Å². The summed E-state index contributed by atoms with van der Waals surface area (Å²) in [6.07, 6.45) is 0. The largest absolute Gasteiger partial charge is 0.329 e. The summed E-state index contributed by atoms with van der Waals surface area (Å²) in [5.74, 6) is 0. The van der Waals surface area contributed by atoms with Crippen LogP contribution in [0.2, 0.25) is 0 Å². The van der Waals surface area contributed by atoms with Gasteiger partial charge in [-0.15, -0.1) is 0 Å². The quantitative estimate of drug-likeness (QED) is 0.349. The first kappa shape index (κ1) is 15.8. The van der Waals surface area contributed by atoms with Gasteiger partial charge in [0, 0.05) is 72.0 Å². The van der Waals surface area contributed by atoms with Gasteiger partial charge in [0.1, 0.15) is 0 Å². The van der Waals surface area contributed by atoms with Crippen LogP contribution >= 0.6 is 0 Å². The number of nitrogens with zero attached hydrogens (tertiary/aromatic N) is 2. The Morgan fingerprint density at radius 3 is 2.39 bits per heavy atom. The first-order valence-electron chi connectivity index (χ1n) is 7.20. The number of nitrogens with two attached hydrogens (primary N) is 1. The van der Waals surface area contributed by atoms with E-state index in [0.717, 1.165) is 65.4 Å². The maximum absolute atomic E-state index is 5.41. The SMILES string of the molecule is CCN(CCNCCNCCN)N1CCNCC1. The highest BCUT2D eigenvalue weighted by molar-refractivity contribution is 4.67. The maximum Gasteiger partial charge on any atom is 0.0259 e. The Kier molecular flexibility index (Phi) is 9.37. The van der Waals surface area contributed by atoms with Gasteiger partial charge in [0.25, 0.3) is 0 Å². The van der Waals surface area contributed by atoms with Gasteiger partial charge < -0.3 is 21.7 Å². The lowest BCUT2D eigenvalue weighted by atomic mass is 10.4. The zero-order valence-corrected chi connectivity index (χ0v) is 11.7. The molecule has 0 aromatic rings. The van der Waals surface area contributed by atoms with Crippen LogP contribution in [0.5, 0.6) is 0 Å². The number of hydrogen-bond donors (Lipinski definition) is 4. The summed E-state index contributed by atoms with van der Waals surface area (Å²) in [5.41, 5.74) is 5.41. The van der Waals surface area contributed by atoms with Crippen LogP contribution in [0.25, 0.3) is 0 Å². The Labute approximate surface area is 111 Å². The molecular formula is C12H30N6. The molecule has 1 heterocycles. The minimum atomic E-state index is 0.715. The normalized spacial score (nSPS) is 17.5. The lowest BCUT2D eigenvalue weighted by Gasteiger charge is -2.37. The molecule has 0 radical (unpaired) electrons. The fourth-order valence-electron chi connectivity index (χ4n) is 2.17. The highest BCUT2D eigenvalue weighted by Gasteiger charge is 2.15. The van der Waals surface area contributed by atoms with Gasteiger partial charge in [-0.1, -0.05) is 6.92 Å². The fourth-order valence-corrected chi connectivity index (χ4v) is 2.17. The van der Waals surface area contributed by atoms with Gasteiger partial charge >= 0.3 is 0 Å². The van der Waals surface area contributed by atoms with Crippen molar-refractivity contribution in [1.82, 2.24) is 26.0 Å². The van der Waals surface area contributed by atoms with Crippen molar-refractivity contribution in [3.63, 3.8) is 0 Å². The van der Waals surface area contributed by atoms with Crippen molar-refractivity contribution in [2.45, 2.75) is 6.92 Å². The van der Waals surface area contributed by atoms with Gasteiger partial charge in [-0.05, 0) is 0 Å². The monoisotopic (exact) mass is 258 g/mol. The van der Waals surface area contributed by atoms with Crippen molar-refractivity contribution in [2.75, 3.05) is 72.0 Å². The molecule has 1 saturated heterocycles. The van der Waals surface area contributed by atoms with Crippen LogP contribution in [0.1, 0.15) is 6.92 Å². The molecule has 0 aliphatic carbocycles. The molecule has 108 valence electrons. The summed E-state index contributed by atoms with van der Waals surface area (Å²) in [7, 11) is 0. The second-order valence-corrected chi connectivity index (χ2v) is 4.54. The molecule has 0 saturated carbocycles. The van der Waals surface area contributed by atoms with Gasteiger partial charge in [-0.25, -0.2) is 10.0 Å². The Bertz CT molecular complexity index is 183. The molecule has 0 spiro atoms. The molecule has 1 aliphatic heterocycles. The molecule has 0 bridgehead atoms. The van der Waals surface area contributed by atoms with Crippen molar-refractivity contribution >= 4 is 0 Å². The summed E-state index contributed by atoms with van der Waals surface area (Å²) in [6.45, 7) is 13.6. The van der Waals surface area contributed by atoms with Gasteiger partial charge in [-0.2, -0.15) is 0 Å². The molecule has 0 aromatic carbocycles. The van der Waals surface area contributed by atoms with E-state index < -0.39 is 0 Å². The second kappa shape index (κ2) is 10.7. The minimum Gasteiger partial charge on any atom is -0.329 e. The van der Waals surface area contributed by atoms with Gasteiger partial charge in [0.15, 0.2) is 0 Å². The molecule has 0 atom stereocenters. The summed E-state index contributed by atoms with van der Waals surface area (Å²) < 4.78 is 0. The molecule has 0 amide bonds. The molecule has 0 unspecified atom stereocenters. The highest BCUT2D eigenvalue weighted by Crippen LogP contribution is 1.98. The molecule has 1 rings (SSSR count). The first-order valence-corrected chi connectivity index (χ1v) is 7.20. The van der Waals surface area contributed by atoms with Crippen LogP contribution < -0.4 is 21.7 Å². The minimum absolute atomic E-state index is 0.715. The third-order valence-electron chi connectivity index (χ3n) is 3.20. The average Bonchev–Trinajstić information content (AvgIpc) is 2.43. The summed E-state index contributed by atoms with van der Waals surface area (Å²) in [4.78, 5) is 0. The second-order valence-electron chi connectivity index (χ2n) is 4.54. The van der Waals surface area contributed by atoms with E-state index in [1.807, 2.05) is 0 Å². The predicted molar refractivity (Wildman–Crippen MR) is 76.5 cm³/mol. The molecule has 18 heavy (non-hydrogen) atoms. The third kappa shape index (κ3) is 6.63. The van der Waals surface area contributed by atoms with E-state index in [1.165, 1.54) is 0 Å². The number of hydrazine groups is 1. The maximum atomic E-state index is 5.41. The first-order chi connectivity index (χ1) is 8.88. The van der Waals surface area contributed by atoms with Crippen LogP contribution in [0.3, 0.4) is 0 Å². The third-order valence-corrected chi connectivity index (χ3v) is 3.20. The number of likely N-dealkylation sites (N-methyl/N-ethyl adjacent to an activating group) is 1. The van der Waals surface area contributed by atoms with E-state index in [-0.39, 0.29) is 0 Å². The van der Waals surface area contributed by atoms with E-state index in [9.17, 15) is 0 Å². The number of piperazine rings is 1. The molecule has 6 heteroatoms. The molecule has 1 aliphatic rings. The molecule has 0 aromatic heterocycles. The standard InChI is InChI=1S/C12H30N6/c1-2-17(18-11-8-16-9-12-18)10-7-15-6-5-14-4-3-13/h14-16H,2-13H2,1H3. The highest BCUT2D eigenvalue weighted by atomic mass is 15.6. The van der Waals surface area contributed by atoms with Gasteiger partial charge in [0.2, 0.25) is 0 Å². The molecule has 6 nitrogen and oxygen atoms in total. The number of rotatable bonds is 10. The van der Waals surface area contributed by atoms with Crippen LogP contribution in [0, 0.1) is 0 Å². The predicted octanol–water partition coefficient (Wildman–Crippen LogP) is -1.73. The van der Waals surface area contributed by atoms with Gasteiger partial charge in [-0.3, -0.25) is 0 Å². The smallest absolute Gasteiger partial charge is 0.0259 e. The summed E-state index contributed by atoms with van der Waals surface area (Å²) in [6, 6.07) is 0. The number of nitrogens with one attached hydrogen (secondary N) is 3. The van der Waals surface area contributed by atoms with E-state index in [4.69, 9.17) is 5.73 Å². The Balaban J connectivity index is 2.00. The Hall–Kier alpha value is -0.240. The van der Waals surface area contributed by atoms with Crippen molar-refractivity contribution < 1.29 is 0 Å². The van der Waals surface area contributed by atoms with Crippen LogP contribution in [-0.4, -0.2) is 82.0 Å². The molecular weight excluding hydrogens is 228 g/mol. The zero-order valence-electron chi connectivity index (χ0n) is 11.7. The van der Waals surface area contributed by atoms with E-state index in [2.05, 4.69) is 32.9 Å². The van der Waals surface area contributed by atoms with Crippen molar-refractivity contribution in [2.24, 2.45) is 5.73 Å².